The molecule has 2 aromatic rings. The Morgan fingerprint density at radius 3 is 2.57 bits per heavy atom. The molecule has 0 spiro atoms. The molecule has 7 heteroatoms. The van der Waals surface area contributed by atoms with E-state index in [-0.39, 0.29) is 18.0 Å². The van der Waals surface area contributed by atoms with Crippen LogP contribution in [0.2, 0.25) is 0 Å². The molecule has 0 radical (unpaired) electrons. The molecule has 4 N–H and O–H groups in total. The lowest BCUT2D eigenvalue weighted by molar-refractivity contribution is 0.251. The number of nitrogens with one attached hydrogen (secondary N) is 2. The van der Waals surface area contributed by atoms with Gasteiger partial charge in [-0.3, -0.25) is 0 Å². The standard InChI is InChI=1S/C21H28N2O5/c1-14(2)5-4-10-28-20-11-16(7-9-19(20)27-3)23-21(26)22-13-15-6-8-17(24)12-18(15)25/h6-9,11-12,14,24-25H,4-5,10,13H2,1-3H3,(H2,22,23,26). The lowest BCUT2D eigenvalue weighted by Gasteiger charge is -2.14. The van der Waals surface area contributed by atoms with Crippen LogP contribution in [-0.2, 0) is 6.54 Å². The number of hydrogen-bond donors (Lipinski definition) is 4. The fraction of sp³-hybridized carbons (Fsp3) is 0.381. The van der Waals surface area contributed by atoms with E-state index in [9.17, 15) is 15.0 Å². The molecule has 2 amide bonds. The summed E-state index contributed by atoms with van der Waals surface area (Å²) in [7, 11) is 1.57. The minimum absolute atomic E-state index is 0.0372. The van der Waals surface area contributed by atoms with Gasteiger partial charge in [0.05, 0.1) is 13.7 Å². The van der Waals surface area contributed by atoms with Crippen molar-refractivity contribution >= 4 is 11.7 Å². The Labute approximate surface area is 165 Å². The fourth-order valence-electron chi connectivity index (χ4n) is 2.59. The summed E-state index contributed by atoms with van der Waals surface area (Å²) in [5, 5.41) is 24.4. The van der Waals surface area contributed by atoms with Gasteiger partial charge >= 0.3 is 6.03 Å². The van der Waals surface area contributed by atoms with Crippen LogP contribution < -0.4 is 20.1 Å². The van der Waals surface area contributed by atoms with Crippen molar-refractivity contribution in [2.75, 3.05) is 19.0 Å². The second-order valence-electron chi connectivity index (χ2n) is 6.87. The zero-order valence-electron chi connectivity index (χ0n) is 16.5. The van der Waals surface area contributed by atoms with Gasteiger partial charge in [-0.05, 0) is 43.0 Å². The number of amides is 2. The molecule has 0 saturated carbocycles. The number of phenols is 2. The molecule has 0 aliphatic carbocycles. The van der Waals surface area contributed by atoms with Crippen molar-refractivity contribution < 1.29 is 24.5 Å². The van der Waals surface area contributed by atoms with Crippen molar-refractivity contribution in [2.24, 2.45) is 5.92 Å². The van der Waals surface area contributed by atoms with Crippen LogP contribution in [0.5, 0.6) is 23.0 Å². The van der Waals surface area contributed by atoms with Gasteiger partial charge in [0.25, 0.3) is 0 Å². The van der Waals surface area contributed by atoms with Crippen LogP contribution in [0.1, 0.15) is 32.3 Å². The lowest BCUT2D eigenvalue weighted by Crippen LogP contribution is -2.28. The molecular weight excluding hydrogens is 360 g/mol. The largest absolute Gasteiger partial charge is 0.508 e. The predicted molar refractivity (Wildman–Crippen MR) is 108 cm³/mol. The highest BCUT2D eigenvalue weighted by atomic mass is 16.5. The summed E-state index contributed by atoms with van der Waals surface area (Å²) >= 11 is 0. The third kappa shape index (κ3) is 6.57. The molecule has 2 rings (SSSR count). The van der Waals surface area contributed by atoms with Gasteiger partial charge in [0, 0.05) is 29.9 Å². The van der Waals surface area contributed by atoms with Crippen LogP contribution in [-0.4, -0.2) is 30.0 Å². The van der Waals surface area contributed by atoms with Gasteiger partial charge in [-0.1, -0.05) is 13.8 Å². The summed E-state index contributed by atoms with van der Waals surface area (Å²) < 4.78 is 11.1. The number of phenolic OH excluding ortho intramolecular Hbond substituents is 2. The summed E-state index contributed by atoms with van der Waals surface area (Å²) in [5.41, 5.74) is 1.06. The SMILES string of the molecule is COc1ccc(NC(=O)NCc2ccc(O)cc2O)cc1OCCCC(C)C. The van der Waals surface area contributed by atoms with Crippen LogP contribution >= 0.6 is 0 Å². The number of benzene rings is 2. The quantitative estimate of drug-likeness (QED) is 0.482. The summed E-state index contributed by atoms with van der Waals surface area (Å²) in [4.78, 5) is 12.1. The summed E-state index contributed by atoms with van der Waals surface area (Å²) in [6.07, 6.45) is 2.02. The number of ether oxygens (including phenoxy) is 2. The van der Waals surface area contributed by atoms with E-state index in [1.54, 1.807) is 31.4 Å². The van der Waals surface area contributed by atoms with E-state index in [0.717, 1.165) is 12.8 Å². The first-order valence-corrected chi connectivity index (χ1v) is 9.25. The van der Waals surface area contributed by atoms with Crippen molar-refractivity contribution in [2.45, 2.75) is 33.2 Å². The van der Waals surface area contributed by atoms with Gasteiger partial charge in [0.15, 0.2) is 11.5 Å². The molecule has 7 nitrogen and oxygen atoms in total. The second kappa shape index (κ2) is 10.3. The molecule has 152 valence electrons. The van der Waals surface area contributed by atoms with E-state index in [4.69, 9.17) is 9.47 Å². The maximum Gasteiger partial charge on any atom is 0.319 e. The zero-order valence-corrected chi connectivity index (χ0v) is 16.5. The van der Waals surface area contributed by atoms with Gasteiger partial charge in [-0.25, -0.2) is 4.79 Å². The summed E-state index contributed by atoms with van der Waals surface area (Å²) in [6, 6.07) is 8.95. The van der Waals surface area contributed by atoms with E-state index in [0.29, 0.717) is 35.3 Å². The van der Waals surface area contributed by atoms with E-state index in [1.807, 2.05) is 0 Å². The van der Waals surface area contributed by atoms with Gasteiger partial charge in [-0.2, -0.15) is 0 Å². The number of hydrogen-bond acceptors (Lipinski definition) is 5. The molecule has 0 unspecified atom stereocenters. The van der Waals surface area contributed by atoms with Gasteiger partial charge in [0.2, 0.25) is 0 Å². The Bertz CT molecular complexity index is 792. The number of methoxy groups -OCH3 is 1. The first kappa shape index (κ1) is 21.2. The number of carbonyl (C=O) groups is 1. The molecule has 0 bridgehead atoms. The molecule has 0 saturated heterocycles. The Morgan fingerprint density at radius 1 is 1.11 bits per heavy atom. The molecule has 2 aromatic carbocycles. The van der Waals surface area contributed by atoms with Gasteiger partial charge < -0.3 is 30.3 Å². The van der Waals surface area contributed by atoms with Crippen LogP contribution in [0.25, 0.3) is 0 Å². The molecular formula is C21H28N2O5. The molecule has 0 atom stereocenters. The first-order valence-electron chi connectivity index (χ1n) is 9.25. The number of anilines is 1. The van der Waals surface area contributed by atoms with Gasteiger partial charge in [0.1, 0.15) is 11.5 Å². The topological polar surface area (TPSA) is 100 Å². The molecule has 0 aromatic heterocycles. The highest BCUT2D eigenvalue weighted by Crippen LogP contribution is 2.30. The van der Waals surface area contributed by atoms with Crippen LogP contribution in [0.15, 0.2) is 36.4 Å². The molecule has 28 heavy (non-hydrogen) atoms. The normalized spacial score (nSPS) is 10.6. The number of urea groups is 1. The zero-order chi connectivity index (χ0) is 20.5. The number of aromatic hydroxyl groups is 2. The van der Waals surface area contributed by atoms with Crippen LogP contribution in [0.3, 0.4) is 0 Å². The van der Waals surface area contributed by atoms with E-state index >= 15 is 0 Å². The Hall–Kier alpha value is -3.09. The molecule has 0 aliphatic rings. The minimum atomic E-state index is -0.427. The van der Waals surface area contributed by atoms with Crippen molar-refractivity contribution in [1.82, 2.24) is 5.32 Å². The maximum absolute atomic E-state index is 12.1. The van der Waals surface area contributed by atoms with Crippen molar-refractivity contribution in [3.63, 3.8) is 0 Å². The average Bonchev–Trinajstić information content (AvgIpc) is 2.64. The van der Waals surface area contributed by atoms with E-state index in [2.05, 4.69) is 24.5 Å². The Morgan fingerprint density at radius 2 is 1.89 bits per heavy atom. The van der Waals surface area contributed by atoms with Crippen LogP contribution in [0, 0.1) is 5.92 Å². The number of rotatable bonds is 9. The molecule has 0 aliphatic heterocycles. The third-order valence-corrected chi connectivity index (χ3v) is 4.11. The molecule has 0 fully saturated rings. The van der Waals surface area contributed by atoms with Crippen LogP contribution in [0.4, 0.5) is 10.5 Å². The smallest absolute Gasteiger partial charge is 0.319 e. The Kier molecular flexibility index (Phi) is 7.80. The molecule has 0 heterocycles. The number of carbonyl (C=O) groups excluding carboxylic acids is 1. The van der Waals surface area contributed by atoms with Crippen molar-refractivity contribution in [3.05, 3.63) is 42.0 Å². The second-order valence-corrected chi connectivity index (χ2v) is 6.87. The van der Waals surface area contributed by atoms with Crippen molar-refractivity contribution in [1.29, 1.82) is 0 Å². The lowest BCUT2D eigenvalue weighted by atomic mass is 10.1. The minimum Gasteiger partial charge on any atom is -0.508 e. The average molecular weight is 388 g/mol. The third-order valence-electron chi connectivity index (χ3n) is 4.11. The fourth-order valence-corrected chi connectivity index (χ4v) is 2.59. The summed E-state index contributed by atoms with van der Waals surface area (Å²) in [6.45, 7) is 5.03. The van der Waals surface area contributed by atoms with E-state index < -0.39 is 6.03 Å². The predicted octanol–water partition coefficient (Wildman–Crippen LogP) is 4.24. The highest BCUT2D eigenvalue weighted by molar-refractivity contribution is 5.89. The van der Waals surface area contributed by atoms with E-state index in [1.165, 1.54) is 12.1 Å². The highest BCUT2D eigenvalue weighted by Gasteiger charge is 2.10. The van der Waals surface area contributed by atoms with Gasteiger partial charge in [-0.15, -0.1) is 0 Å². The summed E-state index contributed by atoms with van der Waals surface area (Å²) in [5.74, 6) is 1.67. The van der Waals surface area contributed by atoms with Crippen molar-refractivity contribution in [3.8, 4) is 23.0 Å². The monoisotopic (exact) mass is 388 g/mol. The maximum atomic E-state index is 12.1. The Balaban J connectivity index is 1.92. The first-order chi connectivity index (χ1) is 13.4.